The lowest BCUT2D eigenvalue weighted by atomic mass is 10.1. The molecule has 0 bridgehead atoms. The maximum Gasteiger partial charge on any atom is 0.573 e. The minimum atomic E-state index is -4.76. The van der Waals surface area contributed by atoms with E-state index in [0.29, 0.717) is 36.1 Å². The molecule has 10 heteroatoms. The molecule has 0 fully saturated rings. The predicted molar refractivity (Wildman–Crippen MR) is 123 cm³/mol. The van der Waals surface area contributed by atoms with Gasteiger partial charge in [0.2, 0.25) is 5.95 Å². The Morgan fingerprint density at radius 3 is 2.50 bits per heavy atom. The lowest BCUT2D eigenvalue weighted by molar-refractivity contribution is -0.274. The average molecular weight is 510 g/mol. The van der Waals surface area contributed by atoms with Crippen LogP contribution in [0, 0.1) is 0 Å². The molecule has 0 saturated heterocycles. The van der Waals surface area contributed by atoms with Gasteiger partial charge in [-0.25, -0.2) is 4.98 Å². The quantitative estimate of drug-likeness (QED) is 0.403. The van der Waals surface area contributed by atoms with Crippen molar-refractivity contribution in [1.82, 2.24) is 14.9 Å². The summed E-state index contributed by atoms with van der Waals surface area (Å²) in [5.74, 6) is 0.611. The first-order valence-electron chi connectivity index (χ1n) is 9.81. The van der Waals surface area contributed by atoms with E-state index in [1.165, 1.54) is 18.2 Å². The van der Waals surface area contributed by atoms with Crippen molar-refractivity contribution in [2.75, 3.05) is 37.8 Å². The monoisotopic (exact) mass is 509 g/mol. The zero-order valence-electron chi connectivity index (χ0n) is 17.6. The zero-order chi connectivity index (χ0) is 23.1. The Morgan fingerprint density at radius 2 is 1.78 bits per heavy atom. The molecule has 2 aromatic carbocycles. The molecule has 3 aromatic rings. The van der Waals surface area contributed by atoms with Gasteiger partial charge in [0.15, 0.2) is 0 Å². The van der Waals surface area contributed by atoms with E-state index in [1.807, 2.05) is 43.3 Å². The van der Waals surface area contributed by atoms with Crippen molar-refractivity contribution in [3.8, 4) is 17.0 Å². The minimum Gasteiger partial charge on any atom is -0.406 e. The Kier molecular flexibility index (Phi) is 7.92. The number of aromatic nitrogens is 2. The number of nitrogens with zero attached hydrogens (tertiary/aromatic N) is 3. The third kappa shape index (κ3) is 7.38. The van der Waals surface area contributed by atoms with Gasteiger partial charge in [-0.05, 0) is 37.9 Å². The number of nitrogens with one attached hydrogen (secondary N) is 2. The number of hydrogen-bond donors (Lipinski definition) is 2. The van der Waals surface area contributed by atoms with Crippen LogP contribution in [0.2, 0.25) is 0 Å². The fraction of sp³-hybridized carbons (Fsp3) is 0.273. The first-order valence-corrected chi connectivity index (χ1v) is 10.6. The van der Waals surface area contributed by atoms with Gasteiger partial charge in [-0.1, -0.05) is 46.3 Å². The van der Waals surface area contributed by atoms with Crippen molar-refractivity contribution in [2.24, 2.45) is 0 Å². The van der Waals surface area contributed by atoms with Gasteiger partial charge in [0, 0.05) is 35.7 Å². The van der Waals surface area contributed by atoms with E-state index in [2.05, 4.69) is 41.3 Å². The van der Waals surface area contributed by atoms with Crippen LogP contribution in [0.15, 0.2) is 59.1 Å². The summed E-state index contributed by atoms with van der Waals surface area (Å²) < 4.78 is 42.9. The predicted octanol–water partition coefficient (Wildman–Crippen LogP) is 5.39. The third-order valence-electron chi connectivity index (χ3n) is 4.35. The van der Waals surface area contributed by atoms with Gasteiger partial charge in [0.05, 0.1) is 5.69 Å². The van der Waals surface area contributed by atoms with Crippen LogP contribution in [0.4, 0.5) is 24.9 Å². The van der Waals surface area contributed by atoms with Crippen LogP contribution in [0.5, 0.6) is 5.75 Å². The lowest BCUT2D eigenvalue weighted by Crippen LogP contribution is -2.21. The second-order valence-corrected chi connectivity index (χ2v) is 8.07. The molecule has 0 atom stereocenters. The van der Waals surface area contributed by atoms with Gasteiger partial charge in [-0.2, -0.15) is 4.98 Å². The third-order valence-corrected chi connectivity index (χ3v) is 5.12. The molecule has 0 unspecified atom stereocenters. The number of rotatable bonds is 9. The molecule has 0 amide bonds. The van der Waals surface area contributed by atoms with E-state index in [1.54, 1.807) is 12.1 Å². The van der Waals surface area contributed by atoms with Crippen LogP contribution in [-0.2, 0) is 6.54 Å². The molecule has 0 radical (unpaired) electrons. The first kappa shape index (κ1) is 23.8. The molecule has 3 rings (SSSR count). The topological polar surface area (TPSA) is 62.3 Å². The second kappa shape index (κ2) is 10.6. The molecule has 1 aromatic heterocycles. The molecule has 170 valence electrons. The standard InChI is InChI=1S/C22H23BrF3N5O/c1-31(2)11-10-27-21-29-19(15-7-5-8-17(12-15)32-22(24,25)26)13-20(30-21)28-14-16-6-3-4-9-18(16)23/h3-9,12-13H,10-11,14H2,1-2H3,(H2,27,28,29,30). The van der Waals surface area contributed by atoms with Gasteiger partial charge in [0.25, 0.3) is 0 Å². The molecule has 0 spiro atoms. The summed E-state index contributed by atoms with van der Waals surface area (Å²) in [6.45, 7) is 1.88. The average Bonchev–Trinajstić information content (AvgIpc) is 2.72. The molecule has 1 heterocycles. The highest BCUT2D eigenvalue weighted by Crippen LogP contribution is 2.29. The summed E-state index contributed by atoms with van der Waals surface area (Å²) >= 11 is 3.52. The normalized spacial score (nSPS) is 11.5. The van der Waals surface area contributed by atoms with E-state index in [0.717, 1.165) is 16.6 Å². The van der Waals surface area contributed by atoms with Gasteiger partial charge in [0.1, 0.15) is 11.6 Å². The summed E-state index contributed by atoms with van der Waals surface area (Å²) in [6.07, 6.45) is -4.76. The summed E-state index contributed by atoms with van der Waals surface area (Å²) in [4.78, 5) is 11.0. The largest absolute Gasteiger partial charge is 0.573 e. The van der Waals surface area contributed by atoms with Crippen molar-refractivity contribution in [3.63, 3.8) is 0 Å². The van der Waals surface area contributed by atoms with Crippen LogP contribution in [-0.4, -0.2) is 48.4 Å². The maximum absolute atomic E-state index is 12.6. The van der Waals surface area contributed by atoms with E-state index in [-0.39, 0.29) is 5.75 Å². The highest BCUT2D eigenvalue weighted by atomic mass is 79.9. The number of hydrogen-bond acceptors (Lipinski definition) is 6. The van der Waals surface area contributed by atoms with Gasteiger partial charge >= 0.3 is 6.36 Å². The van der Waals surface area contributed by atoms with E-state index >= 15 is 0 Å². The molecule has 0 saturated carbocycles. The fourth-order valence-corrected chi connectivity index (χ4v) is 3.26. The van der Waals surface area contributed by atoms with Crippen LogP contribution in [0.1, 0.15) is 5.56 Å². The van der Waals surface area contributed by atoms with Gasteiger partial charge < -0.3 is 20.3 Å². The van der Waals surface area contributed by atoms with Crippen molar-refractivity contribution in [1.29, 1.82) is 0 Å². The molecular formula is C22H23BrF3N5O. The van der Waals surface area contributed by atoms with E-state index < -0.39 is 6.36 Å². The van der Waals surface area contributed by atoms with E-state index in [4.69, 9.17) is 0 Å². The molecule has 32 heavy (non-hydrogen) atoms. The highest BCUT2D eigenvalue weighted by molar-refractivity contribution is 9.10. The molecule has 0 aliphatic rings. The van der Waals surface area contributed by atoms with Crippen molar-refractivity contribution >= 4 is 27.7 Å². The Hall–Kier alpha value is -2.85. The van der Waals surface area contributed by atoms with Crippen LogP contribution >= 0.6 is 15.9 Å². The molecule has 2 N–H and O–H groups in total. The summed E-state index contributed by atoms with van der Waals surface area (Å²) in [5, 5.41) is 6.43. The fourth-order valence-electron chi connectivity index (χ4n) is 2.84. The van der Waals surface area contributed by atoms with Crippen molar-refractivity contribution in [2.45, 2.75) is 12.9 Å². The molecule has 0 aliphatic heterocycles. The highest BCUT2D eigenvalue weighted by Gasteiger charge is 2.31. The van der Waals surface area contributed by atoms with Crippen molar-refractivity contribution in [3.05, 3.63) is 64.6 Å². The Bertz CT molecular complexity index is 1050. The number of anilines is 2. The number of likely N-dealkylation sites (N-methyl/N-ethyl adjacent to an activating group) is 1. The Labute approximate surface area is 193 Å². The van der Waals surface area contributed by atoms with Crippen LogP contribution < -0.4 is 15.4 Å². The summed E-state index contributed by atoms with van der Waals surface area (Å²) in [7, 11) is 3.91. The minimum absolute atomic E-state index is 0.307. The van der Waals surface area contributed by atoms with Gasteiger partial charge in [-0.3, -0.25) is 0 Å². The van der Waals surface area contributed by atoms with Crippen LogP contribution in [0.25, 0.3) is 11.3 Å². The summed E-state index contributed by atoms with van der Waals surface area (Å²) in [6, 6.07) is 15.2. The maximum atomic E-state index is 12.6. The molecule has 6 nitrogen and oxygen atoms in total. The number of halogens is 4. The van der Waals surface area contributed by atoms with E-state index in [9.17, 15) is 13.2 Å². The lowest BCUT2D eigenvalue weighted by Gasteiger charge is -2.14. The van der Waals surface area contributed by atoms with Crippen molar-refractivity contribution < 1.29 is 17.9 Å². The smallest absolute Gasteiger partial charge is 0.406 e. The molecular weight excluding hydrogens is 487 g/mol. The van der Waals surface area contributed by atoms with Crippen LogP contribution in [0.3, 0.4) is 0 Å². The summed E-state index contributed by atoms with van der Waals surface area (Å²) in [5.41, 5.74) is 1.98. The SMILES string of the molecule is CN(C)CCNc1nc(NCc2ccccc2Br)cc(-c2cccc(OC(F)(F)F)c2)n1. The first-order chi connectivity index (χ1) is 15.2. The van der Waals surface area contributed by atoms with Gasteiger partial charge in [-0.15, -0.1) is 13.2 Å². The number of alkyl halides is 3. The number of benzene rings is 2. The molecule has 0 aliphatic carbocycles. The second-order valence-electron chi connectivity index (χ2n) is 7.21. The zero-order valence-corrected chi connectivity index (χ0v) is 19.2. The number of ether oxygens (including phenoxy) is 1. The Balaban J connectivity index is 1.88. The Morgan fingerprint density at radius 1 is 1.00 bits per heavy atom.